The first-order valence-corrected chi connectivity index (χ1v) is 3.24. The summed E-state index contributed by atoms with van der Waals surface area (Å²) in [7, 11) is 0. The Hall–Kier alpha value is -0.340. The van der Waals surface area contributed by atoms with Gasteiger partial charge in [0, 0.05) is 4.88 Å². The lowest BCUT2D eigenvalue weighted by atomic mass is 10.3. The number of thiophene rings is 1. The van der Waals surface area contributed by atoms with Gasteiger partial charge in [0.05, 0.1) is 0 Å². The van der Waals surface area contributed by atoms with Crippen LogP contribution in [-0.4, -0.2) is 5.11 Å². The molecule has 43 valence electrons. The van der Waals surface area contributed by atoms with E-state index < -0.39 is 0 Å². The fourth-order valence-corrected chi connectivity index (χ4v) is 1.25. The summed E-state index contributed by atoms with van der Waals surface area (Å²) >= 11 is 1.54. The number of aliphatic hydroxyl groups excluding tert-OH is 1. The molecular formula is C6H7OS. The lowest BCUT2D eigenvalue weighted by Gasteiger charge is -1.86. The summed E-state index contributed by atoms with van der Waals surface area (Å²) in [6.07, 6.45) is 0. The van der Waals surface area contributed by atoms with Gasteiger partial charge in [-0.3, -0.25) is 0 Å². The van der Waals surface area contributed by atoms with E-state index in [0.29, 0.717) is 0 Å². The van der Waals surface area contributed by atoms with Crippen LogP contribution < -0.4 is 0 Å². The quantitative estimate of drug-likeness (QED) is 0.611. The van der Waals surface area contributed by atoms with Gasteiger partial charge in [-0.05, 0) is 23.9 Å². The Morgan fingerprint density at radius 2 is 2.50 bits per heavy atom. The Morgan fingerprint density at radius 1 is 1.75 bits per heavy atom. The van der Waals surface area contributed by atoms with Crippen molar-refractivity contribution in [1.29, 1.82) is 0 Å². The Balaban J connectivity index is 2.92. The van der Waals surface area contributed by atoms with Crippen molar-refractivity contribution in [3.8, 4) is 0 Å². The summed E-state index contributed by atoms with van der Waals surface area (Å²) in [5.41, 5.74) is 1.14. The van der Waals surface area contributed by atoms with E-state index in [-0.39, 0.29) is 0 Å². The first-order valence-electron chi connectivity index (χ1n) is 2.36. The molecule has 0 bridgehead atoms. The highest BCUT2D eigenvalue weighted by Gasteiger charge is 1.94. The molecule has 0 spiro atoms. The van der Waals surface area contributed by atoms with Gasteiger partial charge in [0.15, 0.2) is 0 Å². The molecule has 1 N–H and O–H groups in total. The fraction of sp³-hybridized carbons (Fsp3) is 0.167. The van der Waals surface area contributed by atoms with E-state index in [2.05, 4.69) is 0 Å². The van der Waals surface area contributed by atoms with Crippen LogP contribution in [0.4, 0.5) is 0 Å². The standard InChI is InChI=1S/C6H7OS/c1-5-2-3-8-6(5)4-7/h2-4,7H,1H3. The van der Waals surface area contributed by atoms with Crippen molar-refractivity contribution in [1.82, 2.24) is 0 Å². The molecular weight excluding hydrogens is 120 g/mol. The zero-order chi connectivity index (χ0) is 5.98. The lowest BCUT2D eigenvalue weighted by Crippen LogP contribution is -1.73. The highest BCUT2D eigenvalue weighted by Crippen LogP contribution is 2.15. The topological polar surface area (TPSA) is 20.2 Å². The molecule has 0 aliphatic heterocycles. The molecule has 0 atom stereocenters. The zero-order valence-corrected chi connectivity index (χ0v) is 5.40. The van der Waals surface area contributed by atoms with E-state index in [1.165, 1.54) is 0 Å². The molecule has 0 saturated carbocycles. The molecule has 1 radical (unpaired) electrons. The molecule has 8 heavy (non-hydrogen) atoms. The number of rotatable bonds is 1. The van der Waals surface area contributed by atoms with E-state index in [1.807, 2.05) is 18.4 Å². The summed E-state index contributed by atoms with van der Waals surface area (Å²) in [5, 5.41) is 10.4. The molecule has 1 heterocycles. The van der Waals surface area contributed by atoms with Gasteiger partial charge >= 0.3 is 0 Å². The lowest BCUT2D eigenvalue weighted by molar-refractivity contribution is 0.417. The summed E-state index contributed by atoms with van der Waals surface area (Å²) < 4.78 is 0. The van der Waals surface area contributed by atoms with Crippen molar-refractivity contribution in [2.75, 3.05) is 0 Å². The van der Waals surface area contributed by atoms with Crippen molar-refractivity contribution < 1.29 is 5.11 Å². The third-order valence-corrected chi connectivity index (χ3v) is 1.97. The molecule has 1 aromatic heterocycles. The van der Waals surface area contributed by atoms with Gasteiger partial charge in [-0.2, -0.15) is 0 Å². The molecule has 0 fully saturated rings. The Labute approximate surface area is 52.6 Å². The Morgan fingerprint density at radius 3 is 2.75 bits per heavy atom. The third kappa shape index (κ3) is 0.904. The molecule has 0 aliphatic rings. The zero-order valence-electron chi connectivity index (χ0n) is 4.59. The van der Waals surface area contributed by atoms with Crippen molar-refractivity contribution in [2.45, 2.75) is 6.92 Å². The number of aliphatic hydroxyl groups is 1. The molecule has 0 unspecified atom stereocenters. The van der Waals surface area contributed by atoms with Crippen LogP contribution in [-0.2, 0) is 0 Å². The van der Waals surface area contributed by atoms with Gasteiger partial charge < -0.3 is 5.11 Å². The van der Waals surface area contributed by atoms with Crippen molar-refractivity contribution in [3.05, 3.63) is 28.5 Å². The first-order chi connectivity index (χ1) is 3.84. The predicted molar refractivity (Wildman–Crippen MR) is 34.4 cm³/mol. The number of aryl methyl sites for hydroxylation is 1. The van der Waals surface area contributed by atoms with Crippen LogP contribution in [0.1, 0.15) is 10.4 Å². The minimum atomic E-state index is 0.949. The van der Waals surface area contributed by atoms with Crippen molar-refractivity contribution in [3.63, 3.8) is 0 Å². The molecule has 0 saturated heterocycles. The van der Waals surface area contributed by atoms with Crippen molar-refractivity contribution >= 4 is 11.3 Å². The maximum atomic E-state index is 8.49. The summed E-state index contributed by atoms with van der Waals surface area (Å²) in [6, 6.07) is 1.98. The smallest absolute Gasteiger partial charge is 0.119 e. The second-order valence-corrected chi connectivity index (χ2v) is 2.54. The molecule has 0 aromatic carbocycles. The van der Waals surface area contributed by atoms with Crippen LogP contribution in [0, 0.1) is 13.5 Å². The number of hydrogen-bond donors (Lipinski definition) is 1. The van der Waals surface area contributed by atoms with E-state index in [0.717, 1.165) is 17.0 Å². The average Bonchev–Trinajstić information content (AvgIpc) is 2.14. The predicted octanol–water partition coefficient (Wildman–Crippen LogP) is 1.94. The van der Waals surface area contributed by atoms with E-state index in [1.54, 1.807) is 11.3 Å². The SMILES string of the molecule is Cc1ccsc1[CH]O. The monoisotopic (exact) mass is 127 g/mol. The number of hydrogen-bond acceptors (Lipinski definition) is 2. The molecule has 1 rings (SSSR count). The minimum absolute atomic E-state index is 0.949. The van der Waals surface area contributed by atoms with Crippen LogP contribution in [0.2, 0.25) is 0 Å². The maximum Gasteiger partial charge on any atom is 0.119 e. The molecule has 1 nitrogen and oxygen atoms in total. The van der Waals surface area contributed by atoms with Gasteiger partial charge in [-0.25, -0.2) is 0 Å². The average molecular weight is 127 g/mol. The second-order valence-electron chi connectivity index (χ2n) is 1.60. The van der Waals surface area contributed by atoms with Crippen LogP contribution in [0.25, 0.3) is 0 Å². The van der Waals surface area contributed by atoms with Crippen LogP contribution in [0.3, 0.4) is 0 Å². The summed E-state index contributed by atoms with van der Waals surface area (Å²) in [6.45, 7) is 3.11. The minimum Gasteiger partial charge on any atom is -0.384 e. The van der Waals surface area contributed by atoms with Gasteiger partial charge in [-0.1, -0.05) is 0 Å². The van der Waals surface area contributed by atoms with Gasteiger partial charge in [0.25, 0.3) is 0 Å². The highest BCUT2D eigenvalue weighted by atomic mass is 32.1. The molecule has 1 aromatic rings. The van der Waals surface area contributed by atoms with Crippen LogP contribution in [0.5, 0.6) is 0 Å². The molecule has 0 aliphatic carbocycles. The Bertz CT molecular complexity index is 169. The van der Waals surface area contributed by atoms with Crippen LogP contribution >= 0.6 is 11.3 Å². The van der Waals surface area contributed by atoms with Gasteiger partial charge in [0.1, 0.15) is 6.61 Å². The highest BCUT2D eigenvalue weighted by molar-refractivity contribution is 7.10. The normalized spacial score (nSPS) is 9.75. The van der Waals surface area contributed by atoms with E-state index >= 15 is 0 Å². The molecule has 0 amide bonds. The van der Waals surface area contributed by atoms with Gasteiger partial charge in [0.2, 0.25) is 0 Å². The second kappa shape index (κ2) is 2.29. The maximum absolute atomic E-state index is 8.49. The largest absolute Gasteiger partial charge is 0.384 e. The van der Waals surface area contributed by atoms with Crippen molar-refractivity contribution in [2.24, 2.45) is 0 Å². The van der Waals surface area contributed by atoms with E-state index in [4.69, 9.17) is 5.11 Å². The van der Waals surface area contributed by atoms with Crippen LogP contribution in [0.15, 0.2) is 11.4 Å². The Kier molecular flexibility index (Phi) is 1.65. The summed E-state index contributed by atoms with van der Waals surface area (Å²) in [5.74, 6) is 0. The van der Waals surface area contributed by atoms with Gasteiger partial charge in [-0.15, -0.1) is 11.3 Å². The fourth-order valence-electron chi connectivity index (χ4n) is 0.517. The summed E-state index contributed by atoms with van der Waals surface area (Å²) in [4.78, 5) is 0.949. The molecule has 2 heteroatoms. The first kappa shape index (κ1) is 5.79. The third-order valence-electron chi connectivity index (χ3n) is 1.02. The van der Waals surface area contributed by atoms with E-state index in [9.17, 15) is 0 Å².